The SMILES string of the molecule is C=Cc1ccc(C2(c3c(F)c(F)cc(F)c3F)c3ccccc3-c3ccc(N(c4ccc5c(c4)C(C)(C)c4ccccc4-5)c4ccc5c(c4)C(c4ccc(C=C)cc4)(c4c(F)c(F)cc(F)c4F)c4ccccc4-5)cc32)cc1. The standard InChI is InChI=1S/C69H43F8N/c1-5-38-19-23-40(24-20-38)68(61-63(74)57(70)36-58(71)64(61)75)52-17-11-8-14-46(52)49-31-28-43(34-55(49)68)78(42-27-30-48-45-13-7-10-16-51(45)67(3,4)54(48)33-42)44-29-32-50-47-15-9-12-18-53(47)69(56(50)35-44,41-25-21-39(6-2)22-26-41)62-65(76)59(72)37-60(73)66(62)77/h5-37H,1-2H2,3-4H3. The molecule has 10 aromatic carbocycles. The Labute approximate surface area is 445 Å². The number of anilines is 3. The number of benzene rings is 10. The molecule has 3 aliphatic carbocycles. The predicted octanol–water partition coefficient (Wildman–Crippen LogP) is 18.6. The highest BCUT2D eigenvalue weighted by Crippen LogP contribution is 2.61. The summed E-state index contributed by atoms with van der Waals surface area (Å²) in [7, 11) is 0. The third-order valence-electron chi connectivity index (χ3n) is 16.5. The Balaban J connectivity index is 1.14. The average Bonchev–Trinajstić information content (AvgIpc) is 3.32. The van der Waals surface area contributed by atoms with Gasteiger partial charge < -0.3 is 4.90 Å². The molecule has 0 amide bonds. The Kier molecular flexibility index (Phi) is 10.9. The maximum atomic E-state index is 17.1. The van der Waals surface area contributed by atoms with Crippen molar-refractivity contribution < 1.29 is 35.1 Å². The molecule has 9 heteroatoms. The zero-order valence-corrected chi connectivity index (χ0v) is 41.9. The van der Waals surface area contributed by atoms with Crippen LogP contribution >= 0.6 is 0 Å². The topological polar surface area (TPSA) is 3.24 Å². The molecule has 0 heterocycles. The third-order valence-corrected chi connectivity index (χ3v) is 16.5. The van der Waals surface area contributed by atoms with Crippen LogP contribution in [-0.2, 0) is 16.2 Å². The van der Waals surface area contributed by atoms with Crippen LogP contribution in [0.5, 0.6) is 0 Å². The quantitative estimate of drug-likeness (QED) is 0.103. The summed E-state index contributed by atoms with van der Waals surface area (Å²) < 4.78 is 132. The molecule has 13 rings (SSSR count). The zero-order valence-electron chi connectivity index (χ0n) is 41.9. The first-order chi connectivity index (χ1) is 37.7. The lowest BCUT2D eigenvalue weighted by molar-refractivity contribution is 0.426. The summed E-state index contributed by atoms with van der Waals surface area (Å²) in [5, 5.41) is 0. The lowest BCUT2D eigenvalue weighted by Crippen LogP contribution is -2.32. The first-order valence-electron chi connectivity index (χ1n) is 25.3. The average molecular weight is 1040 g/mol. The molecule has 10 aromatic rings. The van der Waals surface area contributed by atoms with Crippen molar-refractivity contribution in [1.82, 2.24) is 0 Å². The molecule has 78 heavy (non-hydrogen) atoms. The van der Waals surface area contributed by atoms with E-state index in [0.717, 1.165) is 22.3 Å². The first kappa shape index (κ1) is 48.6. The van der Waals surface area contributed by atoms with Crippen LogP contribution in [0, 0.1) is 46.5 Å². The highest BCUT2D eigenvalue weighted by atomic mass is 19.2. The van der Waals surface area contributed by atoms with Crippen molar-refractivity contribution in [1.29, 1.82) is 0 Å². The number of rotatable bonds is 9. The Bertz CT molecular complexity index is 3940. The van der Waals surface area contributed by atoms with Crippen LogP contribution in [0.3, 0.4) is 0 Å². The Morgan fingerprint density at radius 1 is 0.333 bits per heavy atom. The van der Waals surface area contributed by atoms with Crippen LogP contribution < -0.4 is 4.90 Å². The largest absolute Gasteiger partial charge is 0.310 e. The van der Waals surface area contributed by atoms with Crippen LogP contribution in [-0.4, -0.2) is 0 Å². The second-order valence-electron chi connectivity index (χ2n) is 20.6. The number of nitrogens with zero attached hydrogens (tertiary/aromatic N) is 1. The number of hydrogen-bond donors (Lipinski definition) is 0. The Morgan fingerprint density at radius 2 is 0.641 bits per heavy atom. The minimum atomic E-state index is -2.02. The van der Waals surface area contributed by atoms with Gasteiger partial charge in [0.1, 0.15) is 0 Å². The van der Waals surface area contributed by atoms with Crippen molar-refractivity contribution in [2.45, 2.75) is 30.1 Å². The van der Waals surface area contributed by atoms with Crippen LogP contribution in [0.15, 0.2) is 201 Å². The molecule has 380 valence electrons. The van der Waals surface area contributed by atoms with E-state index >= 15 is 35.1 Å². The molecule has 2 unspecified atom stereocenters. The van der Waals surface area contributed by atoms with Gasteiger partial charge in [-0.15, -0.1) is 0 Å². The van der Waals surface area contributed by atoms with E-state index < -0.39 is 73.9 Å². The summed E-state index contributed by atoms with van der Waals surface area (Å²) in [6.07, 6.45) is 3.21. The summed E-state index contributed by atoms with van der Waals surface area (Å²) in [6, 6.07) is 52.8. The molecule has 0 saturated carbocycles. The molecule has 0 aliphatic heterocycles. The number of hydrogen-bond acceptors (Lipinski definition) is 1. The van der Waals surface area contributed by atoms with Crippen molar-refractivity contribution in [3.63, 3.8) is 0 Å². The van der Waals surface area contributed by atoms with Gasteiger partial charge in [0.15, 0.2) is 46.5 Å². The van der Waals surface area contributed by atoms with Crippen LogP contribution in [0.2, 0.25) is 0 Å². The molecule has 0 spiro atoms. The van der Waals surface area contributed by atoms with Crippen molar-refractivity contribution in [3.05, 3.63) is 315 Å². The van der Waals surface area contributed by atoms with Gasteiger partial charge >= 0.3 is 0 Å². The lowest BCUT2D eigenvalue weighted by Gasteiger charge is -2.36. The maximum Gasteiger partial charge on any atom is 0.166 e. The van der Waals surface area contributed by atoms with Crippen molar-refractivity contribution in [3.8, 4) is 33.4 Å². The number of fused-ring (bicyclic) bond motifs is 9. The van der Waals surface area contributed by atoms with Crippen LogP contribution in [0.25, 0.3) is 45.5 Å². The summed E-state index contributed by atoms with van der Waals surface area (Å²) in [6.45, 7) is 12.0. The fourth-order valence-electron chi connectivity index (χ4n) is 13.1. The number of halogens is 8. The monoisotopic (exact) mass is 1040 g/mol. The molecule has 3 aliphatic rings. The van der Waals surface area contributed by atoms with Gasteiger partial charge in [-0.25, -0.2) is 35.1 Å². The smallest absolute Gasteiger partial charge is 0.166 e. The van der Waals surface area contributed by atoms with E-state index in [1.807, 2.05) is 53.4 Å². The predicted molar refractivity (Wildman–Crippen MR) is 293 cm³/mol. The van der Waals surface area contributed by atoms with E-state index in [4.69, 9.17) is 0 Å². The summed E-state index contributed by atoms with van der Waals surface area (Å²) >= 11 is 0. The van der Waals surface area contributed by atoms with E-state index in [9.17, 15) is 0 Å². The highest BCUT2D eigenvalue weighted by molar-refractivity contribution is 5.93. The van der Waals surface area contributed by atoms with Gasteiger partial charge in [0.2, 0.25) is 0 Å². The van der Waals surface area contributed by atoms with E-state index in [1.54, 1.807) is 121 Å². The van der Waals surface area contributed by atoms with Crippen molar-refractivity contribution >= 4 is 29.2 Å². The highest BCUT2D eigenvalue weighted by Gasteiger charge is 2.53. The van der Waals surface area contributed by atoms with E-state index in [0.29, 0.717) is 83.8 Å². The molecule has 0 radical (unpaired) electrons. The van der Waals surface area contributed by atoms with Crippen molar-refractivity contribution in [2.24, 2.45) is 0 Å². The van der Waals surface area contributed by atoms with Gasteiger partial charge in [0.25, 0.3) is 0 Å². The summed E-state index contributed by atoms with van der Waals surface area (Å²) in [5.41, 5.74) is 4.73. The molecule has 0 aromatic heterocycles. The molecular formula is C69H43F8N. The van der Waals surface area contributed by atoms with Gasteiger partial charge in [0, 0.05) is 45.7 Å². The summed E-state index contributed by atoms with van der Waals surface area (Å²) in [4.78, 5) is 1.90. The van der Waals surface area contributed by atoms with Gasteiger partial charge in [0.05, 0.1) is 10.8 Å². The normalized spacial score (nSPS) is 16.9. The first-order valence-corrected chi connectivity index (χ1v) is 25.3. The van der Waals surface area contributed by atoms with E-state index in [2.05, 4.69) is 45.2 Å². The minimum absolute atomic E-state index is 0.201. The molecule has 0 fully saturated rings. The molecule has 0 N–H and O–H groups in total. The van der Waals surface area contributed by atoms with Gasteiger partial charge in [-0.1, -0.05) is 179 Å². The van der Waals surface area contributed by atoms with Crippen LogP contribution in [0.1, 0.15) is 80.6 Å². The zero-order chi connectivity index (χ0) is 54.2. The van der Waals surface area contributed by atoms with Crippen molar-refractivity contribution in [2.75, 3.05) is 4.90 Å². The second kappa shape index (κ2) is 17.5. The van der Waals surface area contributed by atoms with Gasteiger partial charge in [-0.3, -0.25) is 0 Å². The second-order valence-corrected chi connectivity index (χ2v) is 20.6. The molecule has 0 bridgehead atoms. The molecule has 0 saturated heterocycles. The fraction of sp³-hybridized carbons (Fsp3) is 0.0725. The van der Waals surface area contributed by atoms with Gasteiger partial charge in [-0.05, 0) is 125 Å². The molecular weight excluding hydrogens is 995 g/mol. The maximum absolute atomic E-state index is 17.1. The third kappa shape index (κ3) is 6.54. The Hall–Kier alpha value is -9.08. The van der Waals surface area contributed by atoms with E-state index in [1.165, 1.54) is 0 Å². The summed E-state index contributed by atoms with van der Waals surface area (Å²) in [5.74, 6) is -12.6. The minimum Gasteiger partial charge on any atom is -0.310 e. The van der Waals surface area contributed by atoms with Crippen LogP contribution in [0.4, 0.5) is 52.2 Å². The Morgan fingerprint density at radius 3 is 1.01 bits per heavy atom. The molecule has 2 atom stereocenters. The van der Waals surface area contributed by atoms with Gasteiger partial charge in [-0.2, -0.15) is 0 Å². The molecule has 1 nitrogen and oxygen atoms in total. The fourth-order valence-corrected chi connectivity index (χ4v) is 13.1. The lowest BCUT2D eigenvalue weighted by atomic mass is 9.67. The van der Waals surface area contributed by atoms with E-state index in [-0.39, 0.29) is 12.1 Å².